The van der Waals surface area contributed by atoms with E-state index in [4.69, 9.17) is 20.3 Å². The third-order valence-corrected chi connectivity index (χ3v) is 2.53. The Morgan fingerprint density at radius 1 is 1.39 bits per heavy atom. The molecule has 9 heteroatoms. The van der Waals surface area contributed by atoms with E-state index in [9.17, 15) is 19.7 Å². The molecule has 0 aliphatic carbocycles. The van der Waals surface area contributed by atoms with E-state index in [1.165, 1.54) is 0 Å². The number of hydrogen-bond donors (Lipinski definition) is 2. The smallest absolute Gasteiger partial charge is 0.339 e. The largest absolute Gasteiger partial charge is 0.490 e. The van der Waals surface area contributed by atoms with Crippen LogP contribution in [0.15, 0.2) is 18.2 Å². The molecule has 0 aliphatic rings. The van der Waals surface area contributed by atoms with Gasteiger partial charge in [-0.15, -0.1) is 0 Å². The van der Waals surface area contributed by atoms with E-state index in [2.05, 4.69) is 0 Å². The van der Waals surface area contributed by atoms with Crippen LogP contribution in [0.3, 0.4) is 0 Å². The fourth-order valence-corrected chi connectivity index (χ4v) is 1.55. The fraction of sp³-hybridized carbons (Fsp3) is 0.429. The number of nitrogens with zero attached hydrogens (tertiary/aromatic N) is 1. The molecule has 1 atom stereocenters. The number of nitro groups is 1. The van der Waals surface area contributed by atoms with Crippen LogP contribution in [0.1, 0.15) is 31.1 Å². The highest BCUT2D eigenvalue weighted by atomic mass is 16.6. The number of benzene rings is 1. The fourth-order valence-electron chi connectivity index (χ4n) is 1.55. The Bertz CT molecular complexity index is 622. The molecule has 0 saturated heterocycles. The highest BCUT2D eigenvalue weighted by molar-refractivity contribution is 5.91. The van der Waals surface area contributed by atoms with Gasteiger partial charge in [0.15, 0.2) is 0 Å². The summed E-state index contributed by atoms with van der Waals surface area (Å²) in [6, 6.07) is 1.90. The van der Waals surface area contributed by atoms with Gasteiger partial charge in [-0.05, 0) is 26.8 Å². The van der Waals surface area contributed by atoms with E-state index in [1.807, 2.05) is 0 Å². The third kappa shape index (κ3) is 5.55. The topological polar surface area (TPSA) is 142 Å². The maximum atomic E-state index is 11.7. The quantitative estimate of drug-likeness (QED) is 0.453. The number of nitrogens with two attached hydrogens (primary N) is 1. The van der Waals surface area contributed by atoms with E-state index in [1.54, 1.807) is 20.8 Å². The van der Waals surface area contributed by atoms with Crippen LogP contribution in [0, 0.1) is 10.1 Å². The van der Waals surface area contributed by atoms with Crippen molar-refractivity contribution in [2.45, 2.75) is 32.4 Å². The van der Waals surface area contributed by atoms with Crippen LogP contribution < -0.4 is 10.5 Å². The second-order valence-corrected chi connectivity index (χ2v) is 5.69. The molecule has 0 bridgehead atoms. The molecule has 0 spiro atoms. The molecule has 1 unspecified atom stereocenters. The molecule has 0 radical (unpaired) electrons. The number of aromatic carboxylic acids is 1. The van der Waals surface area contributed by atoms with Gasteiger partial charge in [-0.25, -0.2) is 4.79 Å². The summed E-state index contributed by atoms with van der Waals surface area (Å²) < 4.78 is 10.2. The molecule has 0 saturated carbocycles. The van der Waals surface area contributed by atoms with Gasteiger partial charge in [0.25, 0.3) is 5.69 Å². The van der Waals surface area contributed by atoms with Crippen LogP contribution in [-0.4, -0.2) is 40.2 Å². The molecule has 1 aromatic carbocycles. The van der Waals surface area contributed by atoms with E-state index in [-0.39, 0.29) is 23.6 Å². The molecule has 0 heterocycles. The number of carboxylic acids is 1. The second kappa shape index (κ2) is 7.05. The normalized spacial score (nSPS) is 12.3. The lowest BCUT2D eigenvalue weighted by Gasteiger charge is -2.22. The van der Waals surface area contributed by atoms with Crippen LogP contribution in [0.5, 0.6) is 5.75 Å². The van der Waals surface area contributed by atoms with Gasteiger partial charge < -0.3 is 20.3 Å². The van der Waals surface area contributed by atoms with Gasteiger partial charge in [0.2, 0.25) is 0 Å². The summed E-state index contributed by atoms with van der Waals surface area (Å²) in [6.45, 7) is 4.63. The van der Waals surface area contributed by atoms with E-state index in [0.717, 1.165) is 18.2 Å². The predicted molar refractivity (Wildman–Crippen MR) is 79.4 cm³/mol. The maximum Gasteiger partial charge on any atom is 0.339 e. The minimum Gasteiger partial charge on any atom is -0.490 e. The Morgan fingerprint density at radius 3 is 2.48 bits per heavy atom. The lowest BCUT2D eigenvalue weighted by atomic mass is 10.2. The second-order valence-electron chi connectivity index (χ2n) is 5.69. The molecule has 0 aliphatic heterocycles. The van der Waals surface area contributed by atoms with E-state index in [0.29, 0.717) is 0 Å². The highest BCUT2D eigenvalue weighted by Crippen LogP contribution is 2.25. The maximum absolute atomic E-state index is 11.7. The lowest BCUT2D eigenvalue weighted by molar-refractivity contribution is -0.384. The molecular weight excluding hydrogens is 308 g/mol. The number of hydrogen-bond acceptors (Lipinski definition) is 7. The molecule has 0 fully saturated rings. The Hall–Kier alpha value is -2.68. The minimum atomic E-state index is -1.32. The molecule has 23 heavy (non-hydrogen) atoms. The van der Waals surface area contributed by atoms with Crippen LogP contribution in [0.4, 0.5) is 5.69 Å². The summed E-state index contributed by atoms with van der Waals surface area (Å²) in [6.07, 6.45) is 0. The van der Waals surface area contributed by atoms with Gasteiger partial charge in [-0.1, -0.05) is 0 Å². The SMILES string of the molecule is CC(C)(C)OC(=O)C(N)COc1cc([N+](=O)[O-])ccc1C(=O)O. The average molecular weight is 326 g/mol. The van der Waals surface area contributed by atoms with Gasteiger partial charge in [0.1, 0.15) is 29.6 Å². The van der Waals surface area contributed by atoms with Crippen LogP contribution >= 0.6 is 0 Å². The first-order valence-corrected chi connectivity index (χ1v) is 6.64. The van der Waals surface area contributed by atoms with Crippen molar-refractivity contribution in [1.82, 2.24) is 0 Å². The van der Waals surface area contributed by atoms with Crippen LogP contribution in [0.25, 0.3) is 0 Å². The zero-order valence-corrected chi connectivity index (χ0v) is 12.9. The van der Waals surface area contributed by atoms with Crippen molar-refractivity contribution < 1.29 is 29.1 Å². The van der Waals surface area contributed by atoms with Crippen molar-refractivity contribution in [3.05, 3.63) is 33.9 Å². The number of ether oxygens (including phenoxy) is 2. The standard InChI is InChI=1S/C14H18N2O7/c1-14(2,3)23-13(19)10(15)7-22-11-6-8(16(20)21)4-5-9(11)12(17)18/h4-6,10H,7,15H2,1-3H3,(H,17,18). The van der Waals surface area contributed by atoms with Gasteiger partial charge >= 0.3 is 11.9 Å². The Kier molecular flexibility index (Phi) is 5.63. The zero-order chi connectivity index (χ0) is 17.8. The van der Waals surface area contributed by atoms with Gasteiger partial charge in [0.05, 0.1) is 11.0 Å². The third-order valence-electron chi connectivity index (χ3n) is 2.53. The number of rotatable bonds is 6. The lowest BCUT2D eigenvalue weighted by Crippen LogP contribution is -2.41. The Morgan fingerprint density at radius 2 is 2.00 bits per heavy atom. The van der Waals surface area contributed by atoms with Crippen molar-refractivity contribution in [2.24, 2.45) is 5.73 Å². The van der Waals surface area contributed by atoms with Gasteiger partial charge in [0, 0.05) is 6.07 Å². The van der Waals surface area contributed by atoms with Crippen molar-refractivity contribution in [3.63, 3.8) is 0 Å². The number of carbonyl (C=O) groups excluding carboxylic acids is 1. The van der Waals surface area contributed by atoms with E-state index >= 15 is 0 Å². The summed E-state index contributed by atoms with van der Waals surface area (Å²) in [5, 5.41) is 19.8. The first-order chi connectivity index (χ1) is 10.5. The molecule has 1 rings (SSSR count). The average Bonchev–Trinajstić information content (AvgIpc) is 2.42. The van der Waals surface area contributed by atoms with Crippen molar-refractivity contribution >= 4 is 17.6 Å². The summed E-state index contributed by atoms with van der Waals surface area (Å²) in [5.74, 6) is -2.29. The van der Waals surface area contributed by atoms with Crippen molar-refractivity contribution in [2.75, 3.05) is 6.61 Å². The number of esters is 1. The summed E-state index contributed by atoms with van der Waals surface area (Å²) in [5.41, 5.74) is 4.28. The summed E-state index contributed by atoms with van der Waals surface area (Å²) >= 11 is 0. The molecule has 0 amide bonds. The monoisotopic (exact) mass is 326 g/mol. The number of nitro benzene ring substituents is 1. The predicted octanol–water partition coefficient (Wildman–Crippen LogP) is 1.34. The first-order valence-electron chi connectivity index (χ1n) is 6.64. The zero-order valence-electron chi connectivity index (χ0n) is 12.9. The number of carbonyl (C=O) groups is 2. The van der Waals surface area contributed by atoms with Crippen LogP contribution in [-0.2, 0) is 9.53 Å². The van der Waals surface area contributed by atoms with Crippen LogP contribution in [0.2, 0.25) is 0 Å². The molecule has 126 valence electrons. The van der Waals surface area contributed by atoms with Crippen molar-refractivity contribution in [3.8, 4) is 5.75 Å². The summed E-state index contributed by atoms with van der Waals surface area (Å²) in [7, 11) is 0. The van der Waals surface area contributed by atoms with Crippen molar-refractivity contribution in [1.29, 1.82) is 0 Å². The number of carboxylic acid groups (broad SMARTS) is 1. The first kappa shape index (κ1) is 18.4. The Balaban J connectivity index is 2.87. The van der Waals surface area contributed by atoms with E-state index < -0.39 is 28.5 Å². The molecule has 3 N–H and O–H groups in total. The molecular formula is C14H18N2O7. The molecule has 0 aromatic heterocycles. The highest BCUT2D eigenvalue weighted by Gasteiger charge is 2.24. The van der Waals surface area contributed by atoms with Gasteiger partial charge in [-0.2, -0.15) is 0 Å². The minimum absolute atomic E-state index is 0.245. The summed E-state index contributed by atoms with van der Waals surface area (Å²) in [4.78, 5) is 32.9. The Labute approximate surface area is 132 Å². The molecule has 9 nitrogen and oxygen atoms in total. The molecule has 1 aromatic rings. The van der Waals surface area contributed by atoms with Gasteiger partial charge in [-0.3, -0.25) is 14.9 Å². The number of non-ortho nitro benzene ring substituents is 1.